The lowest BCUT2D eigenvalue weighted by Crippen LogP contribution is -2.23. The minimum atomic E-state index is -0.694. The van der Waals surface area contributed by atoms with E-state index in [9.17, 15) is 14.7 Å². The van der Waals surface area contributed by atoms with Crippen LogP contribution in [0.2, 0.25) is 0 Å². The molecule has 3 heterocycles. The Hall–Kier alpha value is -3.00. The molecule has 1 amide bonds. The van der Waals surface area contributed by atoms with Gasteiger partial charge in [-0.15, -0.1) is 11.3 Å². The zero-order valence-electron chi connectivity index (χ0n) is 12.3. The normalized spacial score (nSPS) is 13.0. The molecule has 1 aliphatic rings. The van der Waals surface area contributed by atoms with Crippen molar-refractivity contribution in [2.75, 3.05) is 18.5 Å². The molecule has 3 N–H and O–H groups in total. The summed E-state index contributed by atoms with van der Waals surface area (Å²) >= 11 is 1.24. The second-order valence-electron chi connectivity index (χ2n) is 5.15. The lowest BCUT2D eigenvalue weighted by Gasteiger charge is -2.19. The van der Waals surface area contributed by atoms with Gasteiger partial charge in [-0.25, -0.2) is 0 Å². The van der Waals surface area contributed by atoms with E-state index in [1.165, 1.54) is 11.3 Å². The van der Waals surface area contributed by atoms with Crippen LogP contribution in [0.5, 0.6) is 17.2 Å². The Morgan fingerprint density at radius 2 is 2.00 bits per heavy atom. The number of aromatic hydroxyl groups is 1. The maximum absolute atomic E-state index is 12.4. The molecule has 122 valence electrons. The number of anilines is 1. The number of H-pyrrole nitrogens is 1. The monoisotopic (exact) mass is 344 g/mol. The molecule has 0 radical (unpaired) electrons. The van der Waals surface area contributed by atoms with Crippen molar-refractivity contribution in [2.24, 2.45) is 0 Å². The first-order chi connectivity index (χ1) is 11.6. The smallest absolute Gasteiger partial charge is 0.265 e. The minimum absolute atomic E-state index is 0.320. The number of benzene rings is 1. The highest BCUT2D eigenvalue weighted by molar-refractivity contribution is 7.17. The first-order valence-corrected chi connectivity index (χ1v) is 8.05. The van der Waals surface area contributed by atoms with Crippen LogP contribution in [0.15, 0.2) is 34.4 Å². The molecule has 7 nitrogen and oxygen atoms in total. The van der Waals surface area contributed by atoms with Crippen LogP contribution in [0.25, 0.3) is 10.2 Å². The summed E-state index contributed by atoms with van der Waals surface area (Å²) in [5.41, 5.74) is -0.0269. The van der Waals surface area contributed by atoms with Gasteiger partial charge in [0.2, 0.25) is 0 Å². The summed E-state index contributed by atoms with van der Waals surface area (Å²) in [6.07, 6.45) is 0. The van der Waals surface area contributed by atoms with Gasteiger partial charge in [-0.05, 0) is 23.6 Å². The molecular formula is C16H12N2O5S. The molecule has 0 atom stereocenters. The summed E-state index contributed by atoms with van der Waals surface area (Å²) in [5, 5.41) is 14.6. The average molecular weight is 344 g/mol. The van der Waals surface area contributed by atoms with Crippen molar-refractivity contribution >= 4 is 33.1 Å². The molecular weight excluding hydrogens is 332 g/mol. The van der Waals surface area contributed by atoms with E-state index in [-0.39, 0.29) is 11.3 Å². The number of ether oxygens (including phenoxy) is 2. The molecule has 0 fully saturated rings. The first kappa shape index (κ1) is 14.6. The zero-order valence-corrected chi connectivity index (χ0v) is 13.1. The number of rotatable bonds is 2. The maximum atomic E-state index is 12.4. The van der Waals surface area contributed by atoms with Crippen molar-refractivity contribution in [3.63, 3.8) is 0 Å². The fourth-order valence-corrected chi connectivity index (χ4v) is 3.32. The van der Waals surface area contributed by atoms with Gasteiger partial charge in [-0.3, -0.25) is 9.59 Å². The van der Waals surface area contributed by atoms with Gasteiger partial charge in [0.1, 0.15) is 18.8 Å². The number of pyridine rings is 1. The van der Waals surface area contributed by atoms with E-state index in [1.807, 2.05) is 0 Å². The molecule has 4 rings (SSSR count). The van der Waals surface area contributed by atoms with Gasteiger partial charge in [0.05, 0.1) is 10.2 Å². The Labute approximate surface area is 139 Å². The Balaban J connectivity index is 1.68. The van der Waals surface area contributed by atoms with E-state index in [2.05, 4.69) is 10.3 Å². The van der Waals surface area contributed by atoms with Gasteiger partial charge in [-0.2, -0.15) is 0 Å². The number of hydrogen-bond donors (Lipinski definition) is 3. The van der Waals surface area contributed by atoms with Crippen molar-refractivity contribution in [3.8, 4) is 17.2 Å². The second-order valence-corrected chi connectivity index (χ2v) is 6.07. The first-order valence-electron chi connectivity index (χ1n) is 7.17. The number of thiophene rings is 1. The third kappa shape index (κ3) is 2.37. The van der Waals surface area contributed by atoms with Gasteiger partial charge in [-0.1, -0.05) is 0 Å². The molecule has 0 unspecified atom stereocenters. The van der Waals surface area contributed by atoms with Gasteiger partial charge in [0.25, 0.3) is 11.5 Å². The molecule has 1 aliphatic heterocycles. The van der Waals surface area contributed by atoms with Gasteiger partial charge < -0.3 is 24.9 Å². The van der Waals surface area contributed by atoms with Gasteiger partial charge in [0.15, 0.2) is 17.2 Å². The predicted octanol–water partition coefficient (Wildman–Crippen LogP) is 2.32. The number of hydrogen-bond acceptors (Lipinski definition) is 6. The fraction of sp³-hybridized carbons (Fsp3) is 0.125. The van der Waals surface area contributed by atoms with Crippen LogP contribution in [0, 0.1) is 0 Å². The lowest BCUT2D eigenvalue weighted by atomic mass is 10.2. The molecule has 0 spiro atoms. The molecule has 0 saturated heterocycles. The molecule has 3 aromatic rings. The van der Waals surface area contributed by atoms with Crippen molar-refractivity contribution in [1.29, 1.82) is 0 Å². The van der Waals surface area contributed by atoms with E-state index >= 15 is 0 Å². The SMILES string of the molecule is O=C(Nc1ccc2c(c1)OCCO2)c1c(O)c2sccc2[nH]c1=O. The fourth-order valence-electron chi connectivity index (χ4n) is 2.52. The zero-order chi connectivity index (χ0) is 16.7. The third-order valence-electron chi connectivity index (χ3n) is 3.62. The third-order valence-corrected chi connectivity index (χ3v) is 4.54. The summed E-state index contributed by atoms with van der Waals surface area (Å²) in [7, 11) is 0. The minimum Gasteiger partial charge on any atom is -0.505 e. The number of carbonyl (C=O) groups excluding carboxylic acids is 1. The largest absolute Gasteiger partial charge is 0.505 e. The van der Waals surface area contributed by atoms with Crippen LogP contribution in [0.4, 0.5) is 5.69 Å². The lowest BCUT2D eigenvalue weighted by molar-refractivity contribution is 0.102. The Morgan fingerprint density at radius 1 is 1.21 bits per heavy atom. The number of amides is 1. The summed E-state index contributed by atoms with van der Waals surface area (Å²) in [6.45, 7) is 0.905. The van der Waals surface area contributed by atoms with Crippen molar-refractivity contribution < 1.29 is 19.4 Å². The molecule has 1 aromatic carbocycles. The van der Waals surface area contributed by atoms with Crippen molar-refractivity contribution in [1.82, 2.24) is 4.98 Å². The number of carbonyl (C=O) groups is 1. The molecule has 0 saturated carbocycles. The topological polar surface area (TPSA) is 101 Å². The summed E-state index contributed by atoms with van der Waals surface area (Å²) < 4.78 is 11.3. The quantitative estimate of drug-likeness (QED) is 0.662. The molecule has 0 aliphatic carbocycles. The van der Waals surface area contributed by atoms with Crippen molar-refractivity contribution in [3.05, 3.63) is 45.6 Å². The van der Waals surface area contributed by atoms with Crippen LogP contribution < -0.4 is 20.3 Å². The van der Waals surface area contributed by atoms with Crippen LogP contribution in [-0.2, 0) is 0 Å². The molecule has 8 heteroatoms. The number of fused-ring (bicyclic) bond motifs is 2. The highest BCUT2D eigenvalue weighted by Gasteiger charge is 2.21. The summed E-state index contributed by atoms with van der Waals surface area (Å²) in [5.74, 6) is 0.102. The van der Waals surface area contributed by atoms with E-state index in [0.29, 0.717) is 40.6 Å². The summed E-state index contributed by atoms with van der Waals surface area (Å²) in [4.78, 5) is 27.1. The predicted molar refractivity (Wildman–Crippen MR) is 89.5 cm³/mol. The highest BCUT2D eigenvalue weighted by Crippen LogP contribution is 2.33. The Kier molecular flexibility index (Phi) is 3.39. The molecule has 2 aromatic heterocycles. The maximum Gasteiger partial charge on any atom is 0.265 e. The van der Waals surface area contributed by atoms with Crippen LogP contribution >= 0.6 is 11.3 Å². The van der Waals surface area contributed by atoms with Crippen LogP contribution in [0.1, 0.15) is 10.4 Å². The van der Waals surface area contributed by atoms with E-state index < -0.39 is 11.5 Å². The standard InChI is InChI=1S/C16H12N2O5S/c19-13-12(16(21)18-9-3-6-24-14(9)13)15(20)17-8-1-2-10-11(7-8)23-5-4-22-10/h1-3,6-7H,4-5H2,(H,17,20)(H2,18,19,21). The van der Waals surface area contributed by atoms with Gasteiger partial charge in [0, 0.05) is 11.8 Å². The number of aromatic nitrogens is 1. The second kappa shape index (κ2) is 5.57. The van der Waals surface area contributed by atoms with E-state index in [4.69, 9.17) is 9.47 Å². The highest BCUT2D eigenvalue weighted by atomic mass is 32.1. The van der Waals surface area contributed by atoms with Gasteiger partial charge >= 0.3 is 0 Å². The van der Waals surface area contributed by atoms with Crippen molar-refractivity contribution in [2.45, 2.75) is 0 Å². The Morgan fingerprint density at radius 3 is 2.83 bits per heavy atom. The number of nitrogens with one attached hydrogen (secondary N) is 2. The van der Waals surface area contributed by atoms with Crippen LogP contribution in [-0.4, -0.2) is 29.2 Å². The Bertz CT molecular complexity index is 1010. The average Bonchev–Trinajstić information content (AvgIpc) is 3.03. The van der Waals surface area contributed by atoms with E-state index in [0.717, 1.165) is 0 Å². The summed E-state index contributed by atoms with van der Waals surface area (Å²) in [6, 6.07) is 6.60. The number of aromatic amines is 1. The molecule has 0 bridgehead atoms. The molecule has 24 heavy (non-hydrogen) atoms. The van der Waals surface area contributed by atoms with Crippen LogP contribution in [0.3, 0.4) is 0 Å². The van der Waals surface area contributed by atoms with E-state index in [1.54, 1.807) is 29.6 Å².